The molecular weight excluding hydrogens is 231 g/mol. The maximum Gasteiger partial charge on any atom is 0.146 e. The lowest BCUT2D eigenvalue weighted by molar-refractivity contribution is 0.277. The second-order valence-electron chi connectivity index (χ2n) is 3.86. The van der Waals surface area contributed by atoms with Crippen LogP contribution in [0.1, 0.15) is 12.6 Å². The molecular formula is C14H15FN2O. The average Bonchev–Trinajstić information content (AvgIpc) is 2.42. The Hall–Kier alpha value is -1.94. The van der Waals surface area contributed by atoms with Crippen LogP contribution in [0.15, 0.2) is 42.6 Å². The summed E-state index contributed by atoms with van der Waals surface area (Å²) < 4.78 is 13.8. The Morgan fingerprint density at radius 3 is 2.72 bits per heavy atom. The van der Waals surface area contributed by atoms with Crippen LogP contribution in [0.2, 0.25) is 0 Å². The lowest BCUT2D eigenvalue weighted by atomic mass is 10.2. The van der Waals surface area contributed by atoms with Gasteiger partial charge in [0.2, 0.25) is 0 Å². The van der Waals surface area contributed by atoms with Gasteiger partial charge in [-0.1, -0.05) is 12.1 Å². The highest BCUT2D eigenvalue weighted by molar-refractivity contribution is 5.63. The molecule has 3 nitrogen and oxygen atoms in total. The lowest BCUT2D eigenvalue weighted by Gasteiger charge is -2.23. The molecule has 1 aromatic heterocycles. The number of hydrogen-bond donors (Lipinski definition) is 1. The Kier molecular flexibility index (Phi) is 3.89. The molecule has 2 aromatic rings. The number of hydrogen-bond acceptors (Lipinski definition) is 3. The Balaban J connectivity index is 2.42. The van der Waals surface area contributed by atoms with Gasteiger partial charge >= 0.3 is 0 Å². The summed E-state index contributed by atoms with van der Waals surface area (Å²) in [4.78, 5) is 5.86. The summed E-state index contributed by atoms with van der Waals surface area (Å²) in [5.74, 6) is -0.262. The van der Waals surface area contributed by atoms with E-state index >= 15 is 0 Å². The number of aromatic nitrogens is 1. The van der Waals surface area contributed by atoms with E-state index in [1.54, 1.807) is 36.5 Å². The summed E-state index contributed by atoms with van der Waals surface area (Å²) in [5, 5.41) is 9.09. The van der Waals surface area contributed by atoms with Crippen LogP contribution in [0.3, 0.4) is 0 Å². The van der Waals surface area contributed by atoms with Crippen LogP contribution in [0.5, 0.6) is 0 Å². The van der Waals surface area contributed by atoms with E-state index in [4.69, 9.17) is 5.11 Å². The third kappa shape index (κ3) is 2.49. The minimum Gasteiger partial charge on any atom is -0.390 e. The first-order chi connectivity index (χ1) is 8.76. The number of rotatable bonds is 4. The van der Waals surface area contributed by atoms with E-state index in [-0.39, 0.29) is 12.4 Å². The molecule has 0 saturated heterocycles. The van der Waals surface area contributed by atoms with Crippen molar-refractivity contribution in [3.05, 3.63) is 54.1 Å². The van der Waals surface area contributed by atoms with E-state index in [0.29, 0.717) is 17.9 Å². The molecule has 1 heterocycles. The molecule has 0 bridgehead atoms. The summed E-state index contributed by atoms with van der Waals surface area (Å²) in [6, 6.07) is 10.2. The van der Waals surface area contributed by atoms with E-state index in [9.17, 15) is 4.39 Å². The molecule has 0 saturated carbocycles. The van der Waals surface area contributed by atoms with Crippen LogP contribution < -0.4 is 4.90 Å². The van der Waals surface area contributed by atoms with Gasteiger partial charge in [0, 0.05) is 18.4 Å². The van der Waals surface area contributed by atoms with Crippen molar-refractivity contribution in [1.29, 1.82) is 0 Å². The fourth-order valence-electron chi connectivity index (χ4n) is 1.88. The molecule has 0 radical (unpaired) electrons. The number of aliphatic hydroxyl groups excluding tert-OH is 1. The van der Waals surface area contributed by atoms with Crippen molar-refractivity contribution >= 4 is 11.4 Å². The number of halogens is 1. The van der Waals surface area contributed by atoms with E-state index in [2.05, 4.69) is 4.98 Å². The molecule has 0 atom stereocenters. The minimum atomic E-state index is -0.262. The van der Waals surface area contributed by atoms with Crippen molar-refractivity contribution in [2.75, 3.05) is 11.4 Å². The molecule has 2 rings (SSSR count). The summed E-state index contributed by atoms with van der Waals surface area (Å²) in [5.41, 5.74) is 1.92. The molecule has 0 aliphatic heterocycles. The molecule has 0 unspecified atom stereocenters. The molecule has 0 aliphatic carbocycles. The Bertz CT molecular complexity index is 531. The van der Waals surface area contributed by atoms with Gasteiger partial charge in [0.05, 0.1) is 18.0 Å². The van der Waals surface area contributed by atoms with Crippen molar-refractivity contribution in [1.82, 2.24) is 4.98 Å². The summed E-state index contributed by atoms with van der Waals surface area (Å²) in [6.07, 6.45) is 1.62. The number of pyridine rings is 1. The second kappa shape index (κ2) is 5.60. The van der Waals surface area contributed by atoms with Gasteiger partial charge in [-0.05, 0) is 31.2 Å². The van der Waals surface area contributed by atoms with Crippen LogP contribution >= 0.6 is 0 Å². The second-order valence-corrected chi connectivity index (χ2v) is 3.86. The molecule has 0 aliphatic rings. The standard InChI is InChI=1S/C14H15FN2O/c1-2-17(14-6-4-3-5-13(14)15)12-7-8-16-11(9-12)10-18/h3-9,18H,2,10H2,1H3. The number of nitrogens with zero attached hydrogens (tertiary/aromatic N) is 2. The molecule has 18 heavy (non-hydrogen) atoms. The van der Waals surface area contributed by atoms with Crippen molar-refractivity contribution < 1.29 is 9.50 Å². The largest absolute Gasteiger partial charge is 0.390 e. The van der Waals surface area contributed by atoms with Crippen molar-refractivity contribution in [3.8, 4) is 0 Å². The molecule has 1 aromatic carbocycles. The fourth-order valence-corrected chi connectivity index (χ4v) is 1.88. The van der Waals surface area contributed by atoms with Crippen LogP contribution in [0.25, 0.3) is 0 Å². The van der Waals surface area contributed by atoms with Gasteiger partial charge in [0.1, 0.15) is 5.82 Å². The number of benzene rings is 1. The van der Waals surface area contributed by atoms with E-state index in [1.165, 1.54) is 6.07 Å². The Morgan fingerprint density at radius 1 is 1.28 bits per heavy atom. The quantitative estimate of drug-likeness (QED) is 0.901. The van der Waals surface area contributed by atoms with E-state index in [1.807, 2.05) is 11.8 Å². The highest BCUT2D eigenvalue weighted by Crippen LogP contribution is 2.27. The van der Waals surface area contributed by atoms with Gasteiger partial charge in [0.15, 0.2) is 0 Å². The van der Waals surface area contributed by atoms with Crippen LogP contribution in [0.4, 0.5) is 15.8 Å². The van der Waals surface area contributed by atoms with Gasteiger partial charge in [-0.3, -0.25) is 4.98 Å². The Labute approximate surface area is 106 Å². The van der Waals surface area contributed by atoms with Gasteiger partial charge < -0.3 is 10.0 Å². The first-order valence-corrected chi connectivity index (χ1v) is 5.84. The number of aliphatic hydroxyl groups is 1. The predicted octanol–water partition coefficient (Wildman–Crippen LogP) is 2.87. The van der Waals surface area contributed by atoms with E-state index in [0.717, 1.165) is 5.69 Å². The third-order valence-corrected chi connectivity index (χ3v) is 2.73. The van der Waals surface area contributed by atoms with E-state index < -0.39 is 0 Å². The zero-order valence-corrected chi connectivity index (χ0v) is 10.2. The monoisotopic (exact) mass is 246 g/mol. The lowest BCUT2D eigenvalue weighted by Crippen LogP contribution is -2.17. The molecule has 0 fully saturated rings. The zero-order valence-electron chi connectivity index (χ0n) is 10.2. The maximum absolute atomic E-state index is 13.8. The number of anilines is 2. The van der Waals surface area contributed by atoms with Crippen LogP contribution in [-0.2, 0) is 6.61 Å². The Morgan fingerprint density at radius 2 is 2.06 bits per heavy atom. The first kappa shape index (κ1) is 12.5. The summed E-state index contributed by atoms with van der Waals surface area (Å²) >= 11 is 0. The molecule has 94 valence electrons. The number of para-hydroxylation sites is 1. The first-order valence-electron chi connectivity index (χ1n) is 5.84. The van der Waals surface area contributed by atoms with Crippen LogP contribution in [-0.4, -0.2) is 16.6 Å². The highest BCUT2D eigenvalue weighted by Gasteiger charge is 2.11. The van der Waals surface area contributed by atoms with Crippen molar-refractivity contribution in [2.24, 2.45) is 0 Å². The maximum atomic E-state index is 13.8. The highest BCUT2D eigenvalue weighted by atomic mass is 19.1. The summed E-state index contributed by atoms with van der Waals surface area (Å²) in [7, 11) is 0. The molecule has 4 heteroatoms. The van der Waals surface area contributed by atoms with Gasteiger partial charge in [-0.2, -0.15) is 0 Å². The van der Waals surface area contributed by atoms with Gasteiger partial charge in [0.25, 0.3) is 0 Å². The molecule has 0 spiro atoms. The van der Waals surface area contributed by atoms with Gasteiger partial charge in [-0.15, -0.1) is 0 Å². The SMILES string of the molecule is CCN(c1ccnc(CO)c1)c1ccccc1F. The summed E-state index contributed by atoms with van der Waals surface area (Å²) in [6.45, 7) is 2.46. The normalized spacial score (nSPS) is 10.4. The predicted molar refractivity (Wildman–Crippen MR) is 69.2 cm³/mol. The van der Waals surface area contributed by atoms with Crippen LogP contribution in [0, 0.1) is 5.82 Å². The average molecular weight is 246 g/mol. The minimum absolute atomic E-state index is 0.122. The third-order valence-electron chi connectivity index (χ3n) is 2.73. The molecule has 1 N–H and O–H groups in total. The topological polar surface area (TPSA) is 36.4 Å². The van der Waals surface area contributed by atoms with Crippen molar-refractivity contribution in [2.45, 2.75) is 13.5 Å². The smallest absolute Gasteiger partial charge is 0.146 e. The zero-order chi connectivity index (χ0) is 13.0. The fraction of sp³-hybridized carbons (Fsp3) is 0.214. The van der Waals surface area contributed by atoms with Gasteiger partial charge in [-0.25, -0.2) is 4.39 Å². The molecule has 0 amide bonds. The van der Waals surface area contributed by atoms with Crippen molar-refractivity contribution in [3.63, 3.8) is 0 Å².